The van der Waals surface area contributed by atoms with Crippen LogP contribution in [-0.4, -0.2) is 30.6 Å². The summed E-state index contributed by atoms with van der Waals surface area (Å²) in [6.07, 6.45) is 5.72. The first-order valence-corrected chi connectivity index (χ1v) is 15.3. The minimum atomic E-state index is -0.296. The van der Waals surface area contributed by atoms with E-state index in [-0.39, 0.29) is 48.9 Å². The van der Waals surface area contributed by atoms with Crippen LogP contribution in [-0.2, 0) is 13.1 Å². The Morgan fingerprint density at radius 3 is 2.65 bits per heavy atom. The SMILES string of the molecule is CCCCC[C@H]1C[C@H](NCc2ccc3c(c2)OCO3)C[C@@H]2[C@H]1C(=O)c1cc(CN=[N+]=[N-])ccc1N2C(=O)c1ccccc1. The summed E-state index contributed by atoms with van der Waals surface area (Å²) >= 11 is 0. The summed E-state index contributed by atoms with van der Waals surface area (Å²) in [6.45, 7) is 3.24. The van der Waals surface area contributed by atoms with Gasteiger partial charge in [0.05, 0.1) is 12.2 Å². The van der Waals surface area contributed by atoms with Crippen LogP contribution < -0.4 is 19.7 Å². The van der Waals surface area contributed by atoms with Crippen molar-refractivity contribution < 1.29 is 19.1 Å². The van der Waals surface area contributed by atoms with E-state index in [2.05, 4.69) is 22.3 Å². The van der Waals surface area contributed by atoms with Crippen molar-refractivity contribution in [3.63, 3.8) is 0 Å². The highest BCUT2D eigenvalue weighted by molar-refractivity contribution is 6.15. The van der Waals surface area contributed by atoms with Gasteiger partial charge >= 0.3 is 0 Å². The van der Waals surface area contributed by atoms with Crippen LogP contribution in [0.15, 0.2) is 71.8 Å². The standard InChI is InChI=1S/C34H37N5O4/c1-2-3-5-10-25-17-26(36-19-23-12-14-30-31(16-23)43-21-42-30)18-29-32(25)33(40)27-15-22(20-37-38-35)11-13-28(27)39(29)34(41)24-8-6-4-7-9-24/h4,6-9,11-16,25-26,29,32,36H,2-3,5,10,17-21H2,1H3/t25-,26-,29+,32-/m0/s1. The number of azide groups is 1. The maximum absolute atomic E-state index is 14.3. The van der Waals surface area contributed by atoms with Gasteiger partial charge in [-0.1, -0.05) is 61.6 Å². The third-order valence-corrected chi connectivity index (χ3v) is 9.02. The number of hydrogen-bond acceptors (Lipinski definition) is 6. The van der Waals surface area contributed by atoms with Gasteiger partial charge in [0, 0.05) is 40.6 Å². The third kappa shape index (κ3) is 5.96. The van der Waals surface area contributed by atoms with Gasteiger partial charge < -0.3 is 19.7 Å². The summed E-state index contributed by atoms with van der Waals surface area (Å²) in [6, 6.07) is 20.7. The lowest BCUT2D eigenvalue weighted by atomic mass is 9.66. The fourth-order valence-corrected chi connectivity index (χ4v) is 6.99. The Morgan fingerprint density at radius 2 is 1.84 bits per heavy atom. The molecule has 3 aliphatic rings. The van der Waals surface area contributed by atoms with Gasteiger partial charge in [-0.15, -0.1) is 0 Å². The van der Waals surface area contributed by atoms with E-state index in [4.69, 9.17) is 15.0 Å². The van der Waals surface area contributed by atoms with Crippen molar-refractivity contribution in [2.75, 3.05) is 11.7 Å². The number of benzene rings is 3. The molecule has 9 heteroatoms. The molecule has 1 aliphatic carbocycles. The van der Waals surface area contributed by atoms with E-state index in [0.29, 0.717) is 29.8 Å². The number of nitrogens with zero attached hydrogens (tertiary/aromatic N) is 4. The molecule has 0 aromatic heterocycles. The van der Waals surface area contributed by atoms with Crippen molar-refractivity contribution >= 4 is 17.4 Å². The first-order chi connectivity index (χ1) is 21.1. The van der Waals surface area contributed by atoms with E-state index in [9.17, 15) is 9.59 Å². The second kappa shape index (κ2) is 12.9. The summed E-state index contributed by atoms with van der Waals surface area (Å²) in [5.41, 5.74) is 12.5. The van der Waals surface area contributed by atoms with E-state index in [1.54, 1.807) is 0 Å². The highest BCUT2D eigenvalue weighted by atomic mass is 16.7. The van der Waals surface area contributed by atoms with Crippen molar-refractivity contribution in [3.8, 4) is 11.5 Å². The van der Waals surface area contributed by atoms with Crippen LogP contribution >= 0.6 is 0 Å². The third-order valence-electron chi connectivity index (χ3n) is 9.02. The van der Waals surface area contributed by atoms with Crippen LogP contribution in [0.4, 0.5) is 5.69 Å². The first-order valence-electron chi connectivity index (χ1n) is 15.3. The Labute approximate surface area is 251 Å². The molecule has 1 N–H and O–H groups in total. The molecule has 4 atom stereocenters. The predicted molar refractivity (Wildman–Crippen MR) is 164 cm³/mol. The van der Waals surface area contributed by atoms with Gasteiger partial charge in [-0.25, -0.2) is 0 Å². The molecule has 43 heavy (non-hydrogen) atoms. The van der Waals surface area contributed by atoms with Crippen molar-refractivity contribution in [1.29, 1.82) is 0 Å². The average molecular weight is 580 g/mol. The monoisotopic (exact) mass is 579 g/mol. The molecule has 0 unspecified atom stereocenters. The molecule has 6 rings (SSSR count). The van der Waals surface area contributed by atoms with Gasteiger partial charge in [0.15, 0.2) is 17.3 Å². The van der Waals surface area contributed by atoms with Crippen LogP contribution in [0.5, 0.6) is 11.5 Å². The van der Waals surface area contributed by atoms with Crippen molar-refractivity contribution in [1.82, 2.24) is 5.32 Å². The molecular formula is C34H37N5O4. The molecule has 1 fully saturated rings. The van der Waals surface area contributed by atoms with Gasteiger partial charge in [-0.3, -0.25) is 9.59 Å². The minimum absolute atomic E-state index is 0.0932. The maximum Gasteiger partial charge on any atom is 0.258 e. The Morgan fingerprint density at radius 1 is 1.02 bits per heavy atom. The van der Waals surface area contributed by atoms with E-state index >= 15 is 0 Å². The summed E-state index contributed by atoms with van der Waals surface area (Å²) in [5.74, 6) is 1.35. The molecule has 3 aromatic carbocycles. The molecule has 0 bridgehead atoms. The van der Waals surface area contributed by atoms with Crippen LogP contribution in [0.25, 0.3) is 10.4 Å². The number of anilines is 1. The summed E-state index contributed by atoms with van der Waals surface area (Å²) in [7, 11) is 0. The fraction of sp³-hybridized carbons (Fsp3) is 0.412. The highest BCUT2D eigenvalue weighted by Gasteiger charge is 2.50. The van der Waals surface area contributed by atoms with Gasteiger partial charge in [0.2, 0.25) is 6.79 Å². The first kappa shape index (κ1) is 28.8. The smallest absolute Gasteiger partial charge is 0.258 e. The number of ether oxygens (including phenoxy) is 2. The fourth-order valence-electron chi connectivity index (χ4n) is 6.99. The number of Topliss-reactive ketones (excluding diaryl/α,β-unsaturated/α-hetero) is 1. The molecule has 9 nitrogen and oxygen atoms in total. The van der Waals surface area contributed by atoms with Gasteiger partial charge in [-0.05, 0) is 78.2 Å². The van der Waals surface area contributed by atoms with Gasteiger partial charge in [-0.2, -0.15) is 0 Å². The molecule has 1 saturated carbocycles. The van der Waals surface area contributed by atoms with E-state index in [0.717, 1.165) is 54.7 Å². The largest absolute Gasteiger partial charge is 0.454 e. The summed E-state index contributed by atoms with van der Waals surface area (Å²) in [5, 5.41) is 7.46. The van der Waals surface area contributed by atoms with Crippen molar-refractivity contribution in [2.24, 2.45) is 17.0 Å². The number of hydrogen-bond donors (Lipinski definition) is 1. The van der Waals surface area contributed by atoms with Crippen molar-refractivity contribution in [3.05, 3.63) is 99.4 Å². The Balaban J connectivity index is 1.35. The van der Waals surface area contributed by atoms with Crippen LogP contribution in [0.1, 0.15) is 77.3 Å². The second-order valence-corrected chi connectivity index (χ2v) is 11.7. The second-order valence-electron chi connectivity index (χ2n) is 11.7. The zero-order valence-electron chi connectivity index (χ0n) is 24.4. The minimum Gasteiger partial charge on any atom is -0.454 e. The Bertz CT molecular complexity index is 1540. The lowest BCUT2D eigenvalue weighted by Crippen LogP contribution is -2.59. The topological polar surface area (TPSA) is 117 Å². The van der Waals surface area contributed by atoms with Crippen LogP contribution in [0.3, 0.4) is 0 Å². The molecular weight excluding hydrogens is 542 g/mol. The number of amides is 1. The van der Waals surface area contributed by atoms with Gasteiger partial charge in [0.25, 0.3) is 5.91 Å². The predicted octanol–water partition coefficient (Wildman–Crippen LogP) is 7.20. The molecule has 1 amide bonds. The van der Waals surface area contributed by atoms with Gasteiger partial charge in [0.1, 0.15) is 0 Å². The zero-order chi connectivity index (χ0) is 29.8. The number of nitrogens with one attached hydrogen (secondary N) is 1. The number of carbonyl (C=O) groups excluding carboxylic acids is 2. The maximum atomic E-state index is 14.3. The molecule has 3 aromatic rings. The zero-order valence-corrected chi connectivity index (χ0v) is 24.4. The summed E-state index contributed by atoms with van der Waals surface area (Å²) < 4.78 is 11.0. The molecule has 2 aliphatic heterocycles. The number of ketones is 1. The molecule has 0 spiro atoms. The van der Waals surface area contributed by atoms with Crippen LogP contribution in [0, 0.1) is 11.8 Å². The molecule has 0 saturated heterocycles. The van der Waals surface area contributed by atoms with E-state index < -0.39 is 0 Å². The van der Waals surface area contributed by atoms with E-state index in [1.165, 1.54) is 0 Å². The number of carbonyl (C=O) groups is 2. The lowest BCUT2D eigenvalue weighted by Gasteiger charge is -2.49. The Kier molecular flexibility index (Phi) is 8.63. The molecule has 222 valence electrons. The van der Waals surface area contributed by atoms with Crippen LogP contribution in [0.2, 0.25) is 0 Å². The lowest BCUT2D eigenvalue weighted by molar-refractivity contribution is 0.0693. The summed E-state index contributed by atoms with van der Waals surface area (Å²) in [4.78, 5) is 33.3. The molecule has 0 radical (unpaired) electrons. The average Bonchev–Trinajstić information content (AvgIpc) is 3.51. The quantitative estimate of drug-likeness (QED) is 0.118. The molecule has 2 heterocycles. The Hall–Kier alpha value is -4.33. The highest BCUT2D eigenvalue weighted by Crippen LogP contribution is 2.46. The van der Waals surface area contributed by atoms with E-state index in [1.807, 2.05) is 71.6 Å². The van der Waals surface area contributed by atoms with Crippen molar-refractivity contribution in [2.45, 2.75) is 70.6 Å². The number of fused-ring (bicyclic) bond motifs is 3. The number of unbranched alkanes of at least 4 members (excludes halogenated alkanes) is 2. The normalized spacial score (nSPS) is 22.0. The number of rotatable bonds is 10.